The van der Waals surface area contributed by atoms with Crippen LogP contribution in [0.25, 0.3) is 6.08 Å². The van der Waals surface area contributed by atoms with Crippen molar-refractivity contribution in [1.29, 1.82) is 0 Å². The molecule has 3 aromatic rings. The van der Waals surface area contributed by atoms with Gasteiger partial charge in [0.25, 0.3) is 11.1 Å². The van der Waals surface area contributed by atoms with Crippen molar-refractivity contribution in [1.82, 2.24) is 9.80 Å². The lowest BCUT2D eigenvalue weighted by atomic mass is 10.00. The number of amides is 3. The molecule has 6 nitrogen and oxygen atoms in total. The highest BCUT2D eigenvalue weighted by Gasteiger charge is 2.37. The SMILES string of the molecule is O=C(CN1C(=O)S/C(=C/c2ccc(OCc3ccccc3Cl)c(Br)c2)C1=O)N1CCc2ccccc2C1. The number of nitrogens with zero attached hydrogens (tertiary/aromatic N) is 2. The highest BCUT2D eigenvalue weighted by atomic mass is 79.9. The van der Waals surface area contributed by atoms with Crippen LogP contribution in [0.5, 0.6) is 5.75 Å². The monoisotopic (exact) mass is 596 g/mol. The summed E-state index contributed by atoms with van der Waals surface area (Å²) in [5.74, 6) is -0.0735. The molecule has 188 valence electrons. The summed E-state index contributed by atoms with van der Waals surface area (Å²) in [5, 5.41) is 0.190. The van der Waals surface area contributed by atoms with E-state index in [2.05, 4.69) is 22.0 Å². The van der Waals surface area contributed by atoms with Crippen LogP contribution in [0.1, 0.15) is 22.3 Å². The van der Waals surface area contributed by atoms with E-state index in [1.807, 2.05) is 48.5 Å². The van der Waals surface area contributed by atoms with Crippen molar-refractivity contribution in [3.63, 3.8) is 0 Å². The van der Waals surface area contributed by atoms with Crippen molar-refractivity contribution < 1.29 is 19.1 Å². The molecule has 0 unspecified atom stereocenters. The molecule has 0 bridgehead atoms. The quantitative estimate of drug-likeness (QED) is 0.312. The fourth-order valence-electron chi connectivity index (χ4n) is 4.23. The van der Waals surface area contributed by atoms with Gasteiger partial charge in [0, 0.05) is 23.7 Å². The number of thioether (sulfide) groups is 1. The van der Waals surface area contributed by atoms with Gasteiger partial charge in [0.15, 0.2) is 0 Å². The van der Waals surface area contributed by atoms with Crippen LogP contribution in [0.15, 0.2) is 76.1 Å². The van der Waals surface area contributed by atoms with E-state index >= 15 is 0 Å². The first kappa shape index (κ1) is 25.6. The third kappa shape index (κ3) is 5.76. The average molecular weight is 598 g/mol. The third-order valence-corrected chi connectivity index (χ3v) is 8.14. The van der Waals surface area contributed by atoms with Crippen molar-refractivity contribution in [2.24, 2.45) is 0 Å². The number of halogens is 2. The Morgan fingerprint density at radius 3 is 2.59 bits per heavy atom. The molecule has 3 amide bonds. The maximum atomic E-state index is 13.0. The van der Waals surface area contributed by atoms with E-state index in [1.165, 1.54) is 5.56 Å². The molecule has 0 spiro atoms. The smallest absolute Gasteiger partial charge is 0.294 e. The van der Waals surface area contributed by atoms with Crippen LogP contribution in [-0.2, 0) is 29.2 Å². The van der Waals surface area contributed by atoms with E-state index in [0.29, 0.717) is 34.9 Å². The lowest BCUT2D eigenvalue weighted by molar-refractivity contribution is -0.136. The predicted octanol–water partition coefficient (Wildman–Crippen LogP) is 6.30. The minimum absolute atomic E-state index is 0.235. The average Bonchev–Trinajstić information content (AvgIpc) is 3.16. The first-order chi connectivity index (χ1) is 17.9. The Hall–Kier alpha value is -3.07. The molecule has 0 saturated carbocycles. The molecule has 9 heteroatoms. The molecule has 1 saturated heterocycles. The summed E-state index contributed by atoms with van der Waals surface area (Å²) in [7, 11) is 0. The maximum Gasteiger partial charge on any atom is 0.294 e. The Morgan fingerprint density at radius 2 is 1.81 bits per heavy atom. The Kier molecular flexibility index (Phi) is 7.69. The number of ether oxygens (including phenoxy) is 1. The molecule has 3 aromatic carbocycles. The topological polar surface area (TPSA) is 66.9 Å². The minimum atomic E-state index is -0.462. The molecular weight excluding hydrogens is 576 g/mol. The van der Waals surface area contributed by atoms with Crippen molar-refractivity contribution in [2.45, 2.75) is 19.6 Å². The van der Waals surface area contributed by atoms with Crippen LogP contribution in [0.3, 0.4) is 0 Å². The second-order valence-corrected chi connectivity index (χ2v) is 10.9. The van der Waals surface area contributed by atoms with E-state index in [4.69, 9.17) is 16.3 Å². The van der Waals surface area contributed by atoms with Gasteiger partial charge in [0.05, 0.1) is 9.38 Å². The highest BCUT2D eigenvalue weighted by Crippen LogP contribution is 2.34. The number of fused-ring (bicyclic) bond motifs is 1. The first-order valence-corrected chi connectivity index (χ1v) is 13.6. The van der Waals surface area contributed by atoms with E-state index < -0.39 is 11.1 Å². The van der Waals surface area contributed by atoms with Gasteiger partial charge >= 0.3 is 0 Å². The zero-order valence-corrected chi connectivity index (χ0v) is 22.8. The molecule has 0 N–H and O–H groups in total. The van der Waals surface area contributed by atoms with Gasteiger partial charge in [-0.2, -0.15) is 0 Å². The Labute approximate surface area is 232 Å². The van der Waals surface area contributed by atoms with Gasteiger partial charge in [-0.3, -0.25) is 19.3 Å². The van der Waals surface area contributed by atoms with Gasteiger partial charge in [-0.1, -0.05) is 60.1 Å². The van der Waals surface area contributed by atoms with E-state index in [9.17, 15) is 14.4 Å². The molecule has 37 heavy (non-hydrogen) atoms. The number of benzene rings is 3. The van der Waals surface area contributed by atoms with Crippen LogP contribution < -0.4 is 4.74 Å². The molecule has 2 aliphatic heterocycles. The molecule has 0 radical (unpaired) electrons. The van der Waals surface area contributed by atoms with Crippen LogP contribution in [0.4, 0.5) is 4.79 Å². The maximum absolute atomic E-state index is 13.0. The van der Waals surface area contributed by atoms with Gasteiger partial charge < -0.3 is 9.64 Å². The van der Waals surface area contributed by atoms with Crippen molar-refractivity contribution in [3.8, 4) is 5.75 Å². The molecule has 0 atom stereocenters. The lowest BCUT2D eigenvalue weighted by Crippen LogP contribution is -2.44. The number of carbonyl (C=O) groups excluding carboxylic acids is 3. The molecule has 0 aromatic heterocycles. The predicted molar refractivity (Wildman–Crippen MR) is 148 cm³/mol. The molecule has 0 aliphatic carbocycles. The number of imide groups is 1. The van der Waals surface area contributed by atoms with Crippen LogP contribution >= 0.6 is 39.3 Å². The second kappa shape index (κ2) is 11.1. The Bertz CT molecular complexity index is 1430. The number of hydrogen-bond acceptors (Lipinski definition) is 5. The molecule has 2 aliphatic rings. The third-order valence-electron chi connectivity index (χ3n) is 6.25. The Balaban J connectivity index is 1.23. The van der Waals surface area contributed by atoms with E-state index in [-0.39, 0.29) is 17.4 Å². The normalized spacial score (nSPS) is 16.3. The van der Waals surface area contributed by atoms with Crippen molar-refractivity contribution >= 4 is 62.4 Å². The van der Waals surface area contributed by atoms with Gasteiger partial charge in [0.2, 0.25) is 5.91 Å². The van der Waals surface area contributed by atoms with Crippen LogP contribution in [-0.4, -0.2) is 39.9 Å². The zero-order valence-electron chi connectivity index (χ0n) is 19.7. The number of hydrogen-bond donors (Lipinski definition) is 0. The fourth-order valence-corrected chi connectivity index (χ4v) is 5.77. The zero-order chi connectivity index (χ0) is 25.9. The molecular formula is C28H22BrClN2O4S. The summed E-state index contributed by atoms with van der Waals surface area (Å²) in [6.07, 6.45) is 2.41. The van der Waals surface area contributed by atoms with Crippen LogP contribution in [0, 0.1) is 0 Å². The Morgan fingerprint density at radius 1 is 1.05 bits per heavy atom. The van der Waals surface area contributed by atoms with Gasteiger partial charge in [-0.25, -0.2) is 0 Å². The summed E-state index contributed by atoms with van der Waals surface area (Å²) in [6, 6.07) is 20.9. The van der Waals surface area contributed by atoms with Gasteiger partial charge in [-0.15, -0.1) is 0 Å². The van der Waals surface area contributed by atoms with Crippen molar-refractivity contribution in [3.05, 3.63) is 103 Å². The summed E-state index contributed by atoms with van der Waals surface area (Å²) in [6.45, 7) is 1.11. The molecule has 1 fully saturated rings. The second-order valence-electron chi connectivity index (χ2n) is 8.67. The fraction of sp³-hybridized carbons (Fsp3) is 0.179. The van der Waals surface area contributed by atoms with E-state index in [0.717, 1.165) is 39.8 Å². The number of rotatable bonds is 6. The standard InChI is InChI=1S/C28H22BrClN2O4S/c29-22-13-18(9-10-24(22)36-17-21-7-3-4-8-23(21)30)14-25-27(34)32(28(35)37-25)16-26(33)31-12-11-19-5-1-2-6-20(19)15-31/h1-10,13-14H,11-12,15-17H2/b25-14+. The molecule has 2 heterocycles. The first-order valence-electron chi connectivity index (χ1n) is 11.6. The van der Waals surface area contributed by atoms with Gasteiger partial charge in [0.1, 0.15) is 18.9 Å². The summed E-state index contributed by atoms with van der Waals surface area (Å²) < 4.78 is 6.58. The molecule has 5 rings (SSSR count). The number of carbonyl (C=O) groups is 3. The highest BCUT2D eigenvalue weighted by molar-refractivity contribution is 9.10. The summed E-state index contributed by atoms with van der Waals surface area (Å²) in [4.78, 5) is 41.5. The van der Waals surface area contributed by atoms with Crippen molar-refractivity contribution in [2.75, 3.05) is 13.1 Å². The van der Waals surface area contributed by atoms with E-state index in [1.54, 1.807) is 23.1 Å². The minimum Gasteiger partial charge on any atom is -0.488 e. The van der Waals surface area contributed by atoms with Crippen LogP contribution in [0.2, 0.25) is 5.02 Å². The van der Waals surface area contributed by atoms with Gasteiger partial charge in [-0.05, 0) is 75.1 Å². The lowest BCUT2D eigenvalue weighted by Gasteiger charge is -2.29. The summed E-state index contributed by atoms with van der Waals surface area (Å²) >= 11 is 10.5. The summed E-state index contributed by atoms with van der Waals surface area (Å²) in [5.41, 5.74) is 3.92. The largest absolute Gasteiger partial charge is 0.488 e.